The number of nitrogens with one attached hydrogen (secondary N) is 1. The molecule has 0 radical (unpaired) electrons. The molecule has 0 aromatic heterocycles. The van der Waals surface area contributed by atoms with Crippen molar-refractivity contribution in [3.8, 4) is 0 Å². The van der Waals surface area contributed by atoms with Gasteiger partial charge in [-0.1, -0.05) is 17.7 Å². The van der Waals surface area contributed by atoms with Gasteiger partial charge in [-0.05, 0) is 12.1 Å². The molecule has 1 aromatic rings. The lowest BCUT2D eigenvalue weighted by Crippen LogP contribution is -2.62. The molecule has 1 aromatic carbocycles. The van der Waals surface area contributed by atoms with Crippen LogP contribution in [-0.4, -0.2) is 43.7 Å². The van der Waals surface area contributed by atoms with Gasteiger partial charge in [-0.25, -0.2) is 0 Å². The number of fused-ring (bicyclic) bond motifs is 3. The van der Waals surface area contributed by atoms with E-state index >= 15 is 0 Å². The molecule has 2 aliphatic rings. The highest BCUT2D eigenvalue weighted by Gasteiger charge is 2.37. The van der Waals surface area contributed by atoms with Crippen LogP contribution in [0.1, 0.15) is 10.4 Å². The second kappa shape index (κ2) is 3.89. The maximum absolute atomic E-state index is 12.3. The second-order valence-electron chi connectivity index (χ2n) is 4.43. The van der Waals surface area contributed by atoms with E-state index in [1.165, 1.54) is 0 Å². The van der Waals surface area contributed by atoms with Gasteiger partial charge in [0, 0.05) is 26.7 Å². The fourth-order valence-corrected chi connectivity index (χ4v) is 2.84. The fourth-order valence-electron chi connectivity index (χ4n) is 2.59. The number of piperazine rings is 1. The van der Waals surface area contributed by atoms with Crippen LogP contribution in [0.3, 0.4) is 0 Å². The van der Waals surface area contributed by atoms with Crippen LogP contribution in [0.2, 0.25) is 5.02 Å². The SMILES string of the molecule is CN1C(=O)c2c(Cl)cccc2N2CCNCC12. The van der Waals surface area contributed by atoms with E-state index in [-0.39, 0.29) is 12.1 Å². The number of halogens is 1. The molecule has 0 bridgehead atoms. The Balaban J connectivity index is 2.16. The summed E-state index contributed by atoms with van der Waals surface area (Å²) in [6.07, 6.45) is 0.0993. The molecular weight excluding hydrogens is 238 g/mol. The molecule has 1 atom stereocenters. The van der Waals surface area contributed by atoms with E-state index in [4.69, 9.17) is 11.6 Å². The third kappa shape index (κ3) is 1.51. The van der Waals surface area contributed by atoms with Gasteiger partial charge in [0.05, 0.1) is 16.3 Å². The molecule has 2 aliphatic heterocycles. The quantitative estimate of drug-likeness (QED) is 0.752. The molecule has 1 saturated heterocycles. The first kappa shape index (κ1) is 10.9. The minimum Gasteiger partial charge on any atom is -0.348 e. The number of hydrogen-bond donors (Lipinski definition) is 1. The predicted octanol–water partition coefficient (Wildman–Crippen LogP) is 1.16. The van der Waals surface area contributed by atoms with Gasteiger partial charge in [-0.3, -0.25) is 4.79 Å². The van der Waals surface area contributed by atoms with Crippen molar-refractivity contribution < 1.29 is 4.79 Å². The largest absolute Gasteiger partial charge is 0.348 e. The van der Waals surface area contributed by atoms with Crippen LogP contribution in [0, 0.1) is 0 Å². The maximum atomic E-state index is 12.3. The Hall–Kier alpha value is -1.26. The maximum Gasteiger partial charge on any atom is 0.258 e. The Morgan fingerprint density at radius 1 is 1.47 bits per heavy atom. The average molecular weight is 252 g/mol. The third-order valence-electron chi connectivity index (χ3n) is 3.50. The predicted molar refractivity (Wildman–Crippen MR) is 67.5 cm³/mol. The van der Waals surface area contributed by atoms with Crippen molar-refractivity contribution >= 4 is 23.2 Å². The Morgan fingerprint density at radius 2 is 2.29 bits per heavy atom. The summed E-state index contributed by atoms with van der Waals surface area (Å²) < 4.78 is 0. The number of anilines is 1. The molecule has 5 heteroatoms. The fraction of sp³-hybridized carbons (Fsp3) is 0.417. The van der Waals surface area contributed by atoms with Gasteiger partial charge in [-0.2, -0.15) is 0 Å². The van der Waals surface area contributed by atoms with Gasteiger partial charge in [-0.15, -0.1) is 0 Å². The van der Waals surface area contributed by atoms with E-state index in [9.17, 15) is 4.79 Å². The smallest absolute Gasteiger partial charge is 0.258 e. The summed E-state index contributed by atoms with van der Waals surface area (Å²) in [5, 5.41) is 3.85. The summed E-state index contributed by atoms with van der Waals surface area (Å²) in [4.78, 5) is 16.3. The van der Waals surface area contributed by atoms with Crippen LogP contribution in [0.5, 0.6) is 0 Å². The summed E-state index contributed by atoms with van der Waals surface area (Å²) in [6.45, 7) is 2.63. The third-order valence-corrected chi connectivity index (χ3v) is 3.81. The van der Waals surface area contributed by atoms with E-state index in [0.717, 1.165) is 25.3 Å². The lowest BCUT2D eigenvalue weighted by molar-refractivity contribution is 0.0694. The first-order valence-corrected chi connectivity index (χ1v) is 6.11. The van der Waals surface area contributed by atoms with Gasteiger partial charge in [0.1, 0.15) is 6.17 Å². The Labute approximate surface area is 105 Å². The van der Waals surface area contributed by atoms with Crippen LogP contribution in [0.25, 0.3) is 0 Å². The number of benzene rings is 1. The highest BCUT2D eigenvalue weighted by Crippen LogP contribution is 2.35. The average Bonchev–Trinajstić information content (AvgIpc) is 2.36. The highest BCUT2D eigenvalue weighted by atomic mass is 35.5. The number of carbonyl (C=O) groups is 1. The van der Waals surface area contributed by atoms with E-state index < -0.39 is 0 Å². The Morgan fingerprint density at radius 3 is 3.12 bits per heavy atom. The van der Waals surface area contributed by atoms with Crippen molar-refractivity contribution in [2.45, 2.75) is 6.17 Å². The summed E-state index contributed by atoms with van der Waals surface area (Å²) in [5.41, 5.74) is 1.60. The molecule has 1 N–H and O–H groups in total. The molecule has 0 aliphatic carbocycles. The number of nitrogens with zero attached hydrogens (tertiary/aromatic N) is 2. The van der Waals surface area contributed by atoms with Crippen molar-refractivity contribution in [2.75, 3.05) is 31.6 Å². The molecule has 1 unspecified atom stereocenters. The molecule has 90 valence electrons. The second-order valence-corrected chi connectivity index (χ2v) is 4.84. The first-order chi connectivity index (χ1) is 8.20. The van der Waals surface area contributed by atoms with Gasteiger partial charge in [0.15, 0.2) is 0 Å². The summed E-state index contributed by atoms with van der Waals surface area (Å²) in [6, 6.07) is 5.65. The molecular formula is C12H14ClN3O. The summed E-state index contributed by atoms with van der Waals surface area (Å²) in [7, 11) is 1.83. The van der Waals surface area contributed by atoms with Crippen molar-refractivity contribution in [3.05, 3.63) is 28.8 Å². The lowest BCUT2D eigenvalue weighted by atomic mass is 10.0. The van der Waals surface area contributed by atoms with Crippen LogP contribution >= 0.6 is 11.6 Å². The van der Waals surface area contributed by atoms with E-state index in [2.05, 4.69) is 10.2 Å². The van der Waals surface area contributed by atoms with Gasteiger partial charge in [0.2, 0.25) is 0 Å². The van der Waals surface area contributed by atoms with E-state index in [1.54, 1.807) is 11.0 Å². The van der Waals surface area contributed by atoms with Crippen molar-refractivity contribution in [3.63, 3.8) is 0 Å². The minimum absolute atomic E-state index is 0.00977. The number of likely N-dealkylation sites (N-methyl/N-ethyl adjacent to an activating group) is 1. The Kier molecular flexibility index (Phi) is 2.49. The van der Waals surface area contributed by atoms with Crippen molar-refractivity contribution in [1.82, 2.24) is 10.2 Å². The topological polar surface area (TPSA) is 35.6 Å². The number of amides is 1. The van der Waals surface area contributed by atoms with Crippen LogP contribution in [0.4, 0.5) is 5.69 Å². The highest BCUT2D eigenvalue weighted by molar-refractivity contribution is 6.34. The monoisotopic (exact) mass is 251 g/mol. The molecule has 1 fully saturated rings. The van der Waals surface area contributed by atoms with Gasteiger partial charge in [0.25, 0.3) is 5.91 Å². The molecule has 0 spiro atoms. The zero-order chi connectivity index (χ0) is 12.0. The standard InChI is InChI=1S/C12H14ClN3O/c1-15-10-7-14-5-6-16(10)9-4-2-3-8(13)11(9)12(15)17/h2-4,10,14H,5-7H2,1H3. The van der Waals surface area contributed by atoms with Gasteiger partial charge >= 0.3 is 0 Å². The van der Waals surface area contributed by atoms with E-state index in [1.807, 2.05) is 19.2 Å². The van der Waals surface area contributed by atoms with Crippen molar-refractivity contribution in [2.24, 2.45) is 0 Å². The molecule has 2 heterocycles. The summed E-state index contributed by atoms with van der Waals surface area (Å²) >= 11 is 6.14. The van der Waals surface area contributed by atoms with Crippen LogP contribution in [0.15, 0.2) is 18.2 Å². The number of carbonyl (C=O) groups excluding carboxylic acids is 1. The zero-order valence-corrected chi connectivity index (χ0v) is 10.4. The Bertz CT molecular complexity index is 477. The van der Waals surface area contributed by atoms with E-state index in [0.29, 0.717) is 10.6 Å². The lowest BCUT2D eigenvalue weighted by Gasteiger charge is -2.47. The van der Waals surface area contributed by atoms with Crippen LogP contribution < -0.4 is 10.2 Å². The van der Waals surface area contributed by atoms with Gasteiger partial charge < -0.3 is 15.1 Å². The molecule has 0 saturated carbocycles. The number of rotatable bonds is 0. The minimum atomic E-state index is 0.00977. The molecule has 3 rings (SSSR count). The van der Waals surface area contributed by atoms with Crippen LogP contribution in [-0.2, 0) is 0 Å². The molecule has 4 nitrogen and oxygen atoms in total. The van der Waals surface area contributed by atoms with Crippen molar-refractivity contribution in [1.29, 1.82) is 0 Å². The normalized spacial score (nSPS) is 23.4. The molecule has 17 heavy (non-hydrogen) atoms. The zero-order valence-electron chi connectivity index (χ0n) is 9.61. The first-order valence-electron chi connectivity index (χ1n) is 5.73. The summed E-state index contributed by atoms with van der Waals surface area (Å²) in [5.74, 6) is 0.00977. The molecule has 1 amide bonds. The number of hydrogen-bond acceptors (Lipinski definition) is 3.